The van der Waals surface area contributed by atoms with Gasteiger partial charge in [-0.05, 0) is 30.7 Å². The third kappa shape index (κ3) is 3.05. The van der Waals surface area contributed by atoms with Crippen molar-refractivity contribution in [2.45, 2.75) is 13.0 Å². The average Bonchev–Trinajstić information content (AvgIpc) is 2.34. The van der Waals surface area contributed by atoms with Crippen LogP contribution in [0.25, 0.3) is 0 Å². The van der Waals surface area contributed by atoms with Gasteiger partial charge in [0.15, 0.2) is 0 Å². The first kappa shape index (κ1) is 13.0. The van der Waals surface area contributed by atoms with E-state index in [2.05, 4.69) is 20.3 Å². The predicted molar refractivity (Wildman–Crippen MR) is 68.3 cm³/mol. The fraction of sp³-hybridized carbons (Fsp3) is 0.182. The molecule has 1 N–H and O–H groups in total. The van der Waals surface area contributed by atoms with E-state index in [9.17, 15) is 4.39 Å². The van der Waals surface area contributed by atoms with Crippen LogP contribution in [0.4, 0.5) is 10.2 Å². The summed E-state index contributed by atoms with van der Waals surface area (Å²) >= 11 is 11.6. The van der Waals surface area contributed by atoms with Crippen LogP contribution in [0.15, 0.2) is 24.5 Å². The second-order valence-corrected chi connectivity index (χ2v) is 4.35. The Morgan fingerprint density at radius 1 is 1.22 bits per heavy atom. The van der Waals surface area contributed by atoms with Gasteiger partial charge in [0.2, 0.25) is 5.28 Å². The summed E-state index contributed by atoms with van der Waals surface area (Å²) in [5.74, 6) is 0.0318. The van der Waals surface area contributed by atoms with Gasteiger partial charge in [0, 0.05) is 0 Å². The molecule has 0 radical (unpaired) electrons. The molecule has 2 aromatic rings. The third-order valence-electron chi connectivity index (χ3n) is 2.26. The summed E-state index contributed by atoms with van der Waals surface area (Å²) < 4.78 is 12.8. The molecule has 0 spiro atoms. The molecule has 0 saturated carbocycles. The van der Waals surface area contributed by atoms with E-state index in [0.717, 1.165) is 6.20 Å². The lowest BCUT2D eigenvalue weighted by molar-refractivity contribution is 0.617. The molecule has 7 heteroatoms. The summed E-state index contributed by atoms with van der Waals surface area (Å²) in [6.45, 7) is 1.85. The molecule has 2 rings (SSSR count). The second kappa shape index (κ2) is 5.46. The third-order valence-corrected chi connectivity index (χ3v) is 2.72. The first-order valence-electron chi connectivity index (χ1n) is 5.12. The highest BCUT2D eigenvalue weighted by molar-refractivity contribution is 6.33. The average molecular weight is 287 g/mol. The Bertz CT molecular complexity index is 547. The van der Waals surface area contributed by atoms with Crippen LogP contribution in [0.1, 0.15) is 18.7 Å². The van der Waals surface area contributed by atoms with Crippen LogP contribution in [0.2, 0.25) is 10.3 Å². The smallest absolute Gasteiger partial charge is 0.224 e. The molecule has 0 aliphatic heterocycles. The normalized spacial score (nSPS) is 12.2. The maximum Gasteiger partial charge on any atom is 0.224 e. The fourth-order valence-corrected chi connectivity index (χ4v) is 1.65. The molecule has 2 heterocycles. The Hall–Kier alpha value is -1.46. The van der Waals surface area contributed by atoms with Gasteiger partial charge in [-0.3, -0.25) is 4.98 Å². The molecule has 0 aliphatic rings. The minimum absolute atomic E-state index is 0.0983. The zero-order chi connectivity index (χ0) is 13.1. The van der Waals surface area contributed by atoms with E-state index in [0.29, 0.717) is 16.5 Å². The lowest BCUT2D eigenvalue weighted by atomic mass is 10.2. The van der Waals surface area contributed by atoms with Crippen molar-refractivity contribution in [1.82, 2.24) is 15.0 Å². The standard InChI is InChI=1S/C11H9Cl2FN4/c1-6(9-3-2-7(14)4-15-9)17-10-8(12)5-16-11(13)18-10/h2-6H,1H3,(H,16,17,18). The summed E-state index contributed by atoms with van der Waals surface area (Å²) in [5, 5.41) is 3.49. The molecular formula is C11H9Cl2FN4. The summed E-state index contributed by atoms with van der Waals surface area (Å²) in [5.41, 5.74) is 0.669. The van der Waals surface area contributed by atoms with E-state index in [1.165, 1.54) is 12.3 Å². The predicted octanol–water partition coefficient (Wildman–Crippen LogP) is 3.49. The maximum atomic E-state index is 12.8. The number of hydrogen-bond donors (Lipinski definition) is 1. The topological polar surface area (TPSA) is 50.7 Å². The van der Waals surface area contributed by atoms with Crippen molar-refractivity contribution in [3.8, 4) is 0 Å². The number of rotatable bonds is 3. The maximum absolute atomic E-state index is 12.8. The number of anilines is 1. The molecule has 94 valence electrons. The highest BCUT2D eigenvalue weighted by atomic mass is 35.5. The summed E-state index contributed by atoms with van der Waals surface area (Å²) in [7, 11) is 0. The summed E-state index contributed by atoms with van der Waals surface area (Å²) in [4.78, 5) is 11.7. The van der Waals surface area contributed by atoms with Crippen molar-refractivity contribution in [1.29, 1.82) is 0 Å². The first-order chi connectivity index (χ1) is 8.56. The fourth-order valence-electron chi connectivity index (χ4n) is 1.37. The zero-order valence-corrected chi connectivity index (χ0v) is 10.9. The van der Waals surface area contributed by atoms with Crippen LogP contribution in [-0.4, -0.2) is 15.0 Å². The molecule has 0 fully saturated rings. The molecule has 1 atom stereocenters. The molecule has 0 saturated heterocycles. The van der Waals surface area contributed by atoms with Crippen LogP contribution in [-0.2, 0) is 0 Å². The largest absolute Gasteiger partial charge is 0.361 e. The van der Waals surface area contributed by atoms with E-state index in [1.54, 1.807) is 6.07 Å². The minimum atomic E-state index is -0.380. The Kier molecular flexibility index (Phi) is 3.93. The van der Waals surface area contributed by atoms with Crippen molar-refractivity contribution in [3.63, 3.8) is 0 Å². The number of nitrogens with one attached hydrogen (secondary N) is 1. The molecule has 18 heavy (non-hydrogen) atoms. The Balaban J connectivity index is 2.18. The Morgan fingerprint density at radius 3 is 2.67 bits per heavy atom. The monoisotopic (exact) mass is 286 g/mol. The van der Waals surface area contributed by atoms with Gasteiger partial charge in [-0.25, -0.2) is 9.37 Å². The second-order valence-electron chi connectivity index (χ2n) is 3.60. The van der Waals surface area contributed by atoms with Crippen LogP contribution in [0.3, 0.4) is 0 Å². The first-order valence-corrected chi connectivity index (χ1v) is 5.88. The molecule has 0 aromatic carbocycles. The molecule has 1 unspecified atom stereocenters. The van der Waals surface area contributed by atoms with Crippen molar-refractivity contribution < 1.29 is 4.39 Å². The highest BCUT2D eigenvalue weighted by Gasteiger charge is 2.11. The van der Waals surface area contributed by atoms with Crippen LogP contribution in [0, 0.1) is 5.82 Å². The lowest BCUT2D eigenvalue weighted by Crippen LogP contribution is -2.10. The summed E-state index contributed by atoms with van der Waals surface area (Å²) in [6, 6.07) is 2.74. The van der Waals surface area contributed by atoms with Crippen LogP contribution >= 0.6 is 23.2 Å². The van der Waals surface area contributed by atoms with Gasteiger partial charge >= 0.3 is 0 Å². The van der Waals surface area contributed by atoms with Crippen molar-refractivity contribution >= 4 is 29.0 Å². The SMILES string of the molecule is CC(Nc1nc(Cl)ncc1Cl)c1ccc(F)cn1. The molecule has 2 aromatic heterocycles. The molecule has 4 nitrogen and oxygen atoms in total. The van der Waals surface area contributed by atoms with Gasteiger partial charge in [0.25, 0.3) is 0 Å². The van der Waals surface area contributed by atoms with Gasteiger partial charge in [0.1, 0.15) is 16.7 Å². The van der Waals surface area contributed by atoms with Gasteiger partial charge in [-0.15, -0.1) is 0 Å². The Labute approximate surface area is 113 Å². The summed E-state index contributed by atoms with van der Waals surface area (Å²) in [6.07, 6.45) is 2.56. The molecular weight excluding hydrogens is 278 g/mol. The van der Waals surface area contributed by atoms with Crippen molar-refractivity contribution in [2.24, 2.45) is 0 Å². The quantitative estimate of drug-likeness (QED) is 0.878. The van der Waals surface area contributed by atoms with Gasteiger partial charge in [-0.2, -0.15) is 4.98 Å². The number of pyridine rings is 1. The number of hydrogen-bond acceptors (Lipinski definition) is 4. The zero-order valence-electron chi connectivity index (χ0n) is 9.36. The number of aromatic nitrogens is 3. The van der Waals surface area contributed by atoms with E-state index in [-0.39, 0.29) is 17.1 Å². The molecule has 0 bridgehead atoms. The van der Waals surface area contributed by atoms with Crippen LogP contribution in [0.5, 0.6) is 0 Å². The van der Waals surface area contributed by atoms with Crippen molar-refractivity contribution in [2.75, 3.05) is 5.32 Å². The number of nitrogens with zero attached hydrogens (tertiary/aromatic N) is 3. The van der Waals surface area contributed by atoms with Gasteiger partial charge < -0.3 is 5.32 Å². The minimum Gasteiger partial charge on any atom is -0.361 e. The van der Waals surface area contributed by atoms with E-state index in [1.807, 2.05) is 6.92 Å². The highest BCUT2D eigenvalue weighted by Crippen LogP contribution is 2.23. The van der Waals surface area contributed by atoms with Gasteiger partial charge in [-0.1, -0.05) is 11.6 Å². The van der Waals surface area contributed by atoms with Crippen LogP contribution < -0.4 is 5.32 Å². The van der Waals surface area contributed by atoms with Gasteiger partial charge in [0.05, 0.1) is 24.1 Å². The number of halogens is 3. The lowest BCUT2D eigenvalue weighted by Gasteiger charge is -2.14. The molecule has 0 aliphatic carbocycles. The van der Waals surface area contributed by atoms with E-state index < -0.39 is 0 Å². The van der Waals surface area contributed by atoms with Crippen molar-refractivity contribution in [3.05, 3.63) is 46.3 Å². The van der Waals surface area contributed by atoms with E-state index in [4.69, 9.17) is 23.2 Å². The molecule has 0 amide bonds. The Morgan fingerprint density at radius 2 is 2.00 bits per heavy atom. The van der Waals surface area contributed by atoms with E-state index >= 15 is 0 Å².